The lowest BCUT2D eigenvalue weighted by Gasteiger charge is -2.54. The van der Waals surface area contributed by atoms with Crippen LogP contribution in [0.5, 0.6) is 0 Å². The normalized spacial score (nSPS) is 26.9. The number of benzene rings is 2. The molecule has 4 nitrogen and oxygen atoms in total. The van der Waals surface area contributed by atoms with Gasteiger partial charge in [-0.15, -0.1) is 0 Å². The lowest BCUT2D eigenvalue weighted by Crippen LogP contribution is -2.59. The van der Waals surface area contributed by atoms with Crippen molar-refractivity contribution in [3.63, 3.8) is 0 Å². The molecular formula is C23H26N2O2. The fraction of sp³-hybridized carbons (Fsp3) is 0.391. The van der Waals surface area contributed by atoms with E-state index in [0.717, 1.165) is 18.5 Å². The Morgan fingerprint density at radius 2 is 1.93 bits per heavy atom. The second-order valence-electron chi connectivity index (χ2n) is 8.14. The van der Waals surface area contributed by atoms with E-state index in [9.17, 15) is 9.59 Å². The van der Waals surface area contributed by atoms with Crippen molar-refractivity contribution in [2.24, 2.45) is 5.92 Å². The largest absolute Gasteiger partial charge is 0.342 e. The number of aryl methyl sites for hydroxylation is 1. The smallest absolute Gasteiger partial charge is 0.255 e. The number of fused-ring (bicyclic) bond motifs is 3. The first kappa shape index (κ1) is 17.8. The van der Waals surface area contributed by atoms with Gasteiger partial charge < -0.3 is 10.2 Å². The molecule has 1 aliphatic heterocycles. The minimum atomic E-state index is -0.0831. The average molecular weight is 362 g/mol. The monoisotopic (exact) mass is 362 g/mol. The molecular weight excluding hydrogens is 336 g/mol. The zero-order valence-electron chi connectivity index (χ0n) is 16.2. The van der Waals surface area contributed by atoms with E-state index in [1.807, 2.05) is 54.4 Å². The highest BCUT2D eigenvalue weighted by Gasteiger charge is 2.50. The van der Waals surface area contributed by atoms with Gasteiger partial charge >= 0.3 is 0 Å². The van der Waals surface area contributed by atoms with Crippen LogP contribution in [-0.4, -0.2) is 29.8 Å². The van der Waals surface area contributed by atoms with E-state index in [1.54, 1.807) is 0 Å². The van der Waals surface area contributed by atoms with Crippen LogP contribution in [-0.2, 0) is 16.6 Å². The predicted octanol–water partition coefficient (Wildman–Crippen LogP) is 4.01. The Hall–Kier alpha value is -2.62. The molecule has 1 aliphatic carbocycles. The van der Waals surface area contributed by atoms with E-state index in [-0.39, 0.29) is 29.2 Å². The molecule has 1 N–H and O–H groups in total. The minimum absolute atomic E-state index is 0.0648. The van der Waals surface area contributed by atoms with E-state index in [0.29, 0.717) is 12.0 Å². The molecule has 1 unspecified atom stereocenters. The Morgan fingerprint density at radius 1 is 1.19 bits per heavy atom. The number of nitrogens with zero attached hydrogens (tertiary/aromatic N) is 1. The summed E-state index contributed by atoms with van der Waals surface area (Å²) in [5.74, 6) is 0.446. The van der Waals surface area contributed by atoms with Gasteiger partial charge in [-0.1, -0.05) is 38.1 Å². The highest BCUT2D eigenvalue weighted by Crippen LogP contribution is 2.48. The van der Waals surface area contributed by atoms with Crippen molar-refractivity contribution in [3.05, 3.63) is 65.2 Å². The standard InChI is InChI=1S/C23H26N2O2/c1-15-13-21(26)25(3)20-12-10-16-14-17(9-11-19(16)23(15,20)2)22(27)24-18-7-5-4-6-8-18/h4-9,11,14-15,20H,10,12-13H2,1-3H3,(H,24,27)/t15?,20-,23-/m1/s1. The topological polar surface area (TPSA) is 49.4 Å². The fourth-order valence-electron chi connectivity index (χ4n) is 4.95. The van der Waals surface area contributed by atoms with Crippen LogP contribution in [0, 0.1) is 5.92 Å². The number of amides is 2. The first-order valence-corrected chi connectivity index (χ1v) is 9.66. The van der Waals surface area contributed by atoms with Crippen molar-refractivity contribution in [2.75, 3.05) is 12.4 Å². The number of carbonyl (C=O) groups excluding carboxylic acids is 2. The molecule has 2 aliphatic rings. The zero-order valence-corrected chi connectivity index (χ0v) is 16.2. The molecule has 1 fully saturated rings. The Bertz CT molecular complexity index is 893. The van der Waals surface area contributed by atoms with E-state index >= 15 is 0 Å². The lowest BCUT2D eigenvalue weighted by atomic mass is 9.58. The van der Waals surface area contributed by atoms with E-state index in [2.05, 4.69) is 25.2 Å². The molecule has 0 spiro atoms. The number of rotatable bonds is 2. The second-order valence-corrected chi connectivity index (χ2v) is 8.14. The van der Waals surface area contributed by atoms with Crippen molar-refractivity contribution >= 4 is 17.5 Å². The number of hydrogen-bond donors (Lipinski definition) is 1. The van der Waals surface area contributed by atoms with Crippen LogP contribution in [0.3, 0.4) is 0 Å². The molecule has 2 amide bonds. The maximum absolute atomic E-state index is 12.7. The molecule has 3 atom stereocenters. The maximum Gasteiger partial charge on any atom is 0.255 e. The van der Waals surface area contributed by atoms with Crippen molar-refractivity contribution in [3.8, 4) is 0 Å². The number of hydrogen-bond acceptors (Lipinski definition) is 2. The SMILES string of the molecule is CC1CC(=O)N(C)[C@@H]2CCc3cc(C(=O)Nc4ccccc4)ccc3[C@@]12C. The van der Waals surface area contributed by atoms with E-state index in [1.165, 1.54) is 11.1 Å². The molecule has 0 saturated carbocycles. The Kier molecular flexibility index (Phi) is 4.29. The summed E-state index contributed by atoms with van der Waals surface area (Å²) in [4.78, 5) is 26.9. The van der Waals surface area contributed by atoms with Gasteiger partial charge in [-0.25, -0.2) is 0 Å². The highest BCUT2D eigenvalue weighted by molar-refractivity contribution is 6.04. The summed E-state index contributed by atoms with van der Waals surface area (Å²) in [5.41, 5.74) is 3.96. The minimum Gasteiger partial charge on any atom is -0.342 e. The van der Waals surface area contributed by atoms with Gasteiger partial charge in [-0.3, -0.25) is 9.59 Å². The Balaban J connectivity index is 1.66. The van der Waals surface area contributed by atoms with Crippen LogP contribution in [0.2, 0.25) is 0 Å². The van der Waals surface area contributed by atoms with Gasteiger partial charge in [0.1, 0.15) is 0 Å². The third-order valence-electron chi connectivity index (χ3n) is 6.72. The van der Waals surface area contributed by atoms with Crippen molar-refractivity contribution in [2.45, 2.75) is 44.6 Å². The van der Waals surface area contributed by atoms with Gasteiger partial charge in [0.05, 0.1) is 0 Å². The van der Waals surface area contributed by atoms with Crippen LogP contribution in [0.15, 0.2) is 48.5 Å². The lowest BCUT2D eigenvalue weighted by molar-refractivity contribution is -0.141. The molecule has 4 heteroatoms. The summed E-state index contributed by atoms with van der Waals surface area (Å²) < 4.78 is 0. The third kappa shape index (κ3) is 2.84. The molecule has 4 rings (SSSR count). The van der Waals surface area contributed by atoms with Gasteiger partial charge in [-0.05, 0) is 54.2 Å². The molecule has 2 aromatic carbocycles. The summed E-state index contributed by atoms with van der Waals surface area (Å²) >= 11 is 0. The zero-order chi connectivity index (χ0) is 19.2. The molecule has 1 saturated heterocycles. The average Bonchev–Trinajstić information content (AvgIpc) is 2.67. The molecule has 0 aromatic heterocycles. The van der Waals surface area contributed by atoms with Gasteiger partial charge in [0.25, 0.3) is 5.91 Å². The second kappa shape index (κ2) is 6.52. The predicted molar refractivity (Wildman–Crippen MR) is 107 cm³/mol. The number of likely N-dealkylation sites (N-methyl/N-ethyl adjacent to an activating group) is 1. The summed E-state index contributed by atoms with van der Waals surface area (Å²) in [6, 6.07) is 15.8. The number of piperidine rings is 1. The van der Waals surface area contributed by atoms with Crippen molar-refractivity contribution < 1.29 is 9.59 Å². The molecule has 2 aromatic rings. The maximum atomic E-state index is 12.7. The van der Waals surface area contributed by atoms with Gasteiger partial charge in [0, 0.05) is 36.2 Å². The molecule has 0 radical (unpaired) electrons. The van der Waals surface area contributed by atoms with Crippen LogP contribution >= 0.6 is 0 Å². The Morgan fingerprint density at radius 3 is 2.67 bits per heavy atom. The number of likely N-dealkylation sites (tertiary alicyclic amines) is 1. The van der Waals surface area contributed by atoms with Crippen LogP contribution in [0.1, 0.15) is 48.2 Å². The number of nitrogens with one attached hydrogen (secondary N) is 1. The van der Waals surface area contributed by atoms with Crippen LogP contribution in [0.4, 0.5) is 5.69 Å². The number of anilines is 1. The van der Waals surface area contributed by atoms with Gasteiger partial charge in [-0.2, -0.15) is 0 Å². The van der Waals surface area contributed by atoms with Crippen LogP contribution < -0.4 is 5.32 Å². The first-order valence-electron chi connectivity index (χ1n) is 9.66. The molecule has 140 valence electrons. The van der Waals surface area contributed by atoms with Gasteiger partial charge in [0.2, 0.25) is 5.91 Å². The highest BCUT2D eigenvalue weighted by atomic mass is 16.2. The molecule has 27 heavy (non-hydrogen) atoms. The van der Waals surface area contributed by atoms with Gasteiger partial charge in [0.15, 0.2) is 0 Å². The van der Waals surface area contributed by atoms with Crippen molar-refractivity contribution in [1.29, 1.82) is 0 Å². The summed E-state index contributed by atoms with van der Waals surface area (Å²) in [6.45, 7) is 4.47. The van der Waals surface area contributed by atoms with E-state index in [4.69, 9.17) is 0 Å². The molecule has 1 heterocycles. The summed E-state index contributed by atoms with van der Waals surface area (Å²) in [5, 5.41) is 2.96. The van der Waals surface area contributed by atoms with E-state index < -0.39 is 0 Å². The van der Waals surface area contributed by atoms with Crippen molar-refractivity contribution in [1.82, 2.24) is 4.90 Å². The third-order valence-corrected chi connectivity index (χ3v) is 6.72. The summed E-state index contributed by atoms with van der Waals surface area (Å²) in [7, 11) is 1.93. The Labute approximate surface area is 160 Å². The quantitative estimate of drug-likeness (QED) is 0.877. The first-order chi connectivity index (χ1) is 12.9. The number of carbonyl (C=O) groups is 2. The molecule has 0 bridgehead atoms. The summed E-state index contributed by atoms with van der Waals surface area (Å²) in [6.07, 6.45) is 2.42. The fourth-order valence-corrected chi connectivity index (χ4v) is 4.95. The number of para-hydroxylation sites is 1. The van der Waals surface area contributed by atoms with Crippen LogP contribution in [0.25, 0.3) is 0 Å².